The average molecular weight is 314 g/mol. The maximum atomic E-state index is 11.5. The Morgan fingerprint density at radius 3 is 2.41 bits per heavy atom. The summed E-state index contributed by atoms with van der Waals surface area (Å²) in [7, 11) is 0. The van der Waals surface area contributed by atoms with Crippen LogP contribution in [0.5, 0.6) is 0 Å². The smallest absolute Gasteiger partial charge is 0.320 e. The first kappa shape index (κ1) is 19.8. The molecule has 3 N–H and O–H groups in total. The molecule has 0 aromatic heterocycles. The normalized spacial score (nSPS) is 12.0. The number of hydrogen-bond donors (Lipinski definition) is 2. The summed E-state index contributed by atoms with van der Waals surface area (Å²) in [5.41, 5.74) is 5.14. The zero-order chi connectivity index (χ0) is 17.1. The van der Waals surface area contributed by atoms with Gasteiger partial charge in [0.15, 0.2) is 0 Å². The minimum Gasteiger partial charge on any atom is -0.480 e. The second-order valence-corrected chi connectivity index (χ2v) is 4.75. The Balaban J connectivity index is 4.78. The largest absolute Gasteiger partial charge is 0.480 e. The van der Waals surface area contributed by atoms with Crippen molar-refractivity contribution < 1.29 is 24.2 Å². The lowest BCUT2D eigenvalue weighted by atomic mass is 10.2. The van der Waals surface area contributed by atoms with Crippen molar-refractivity contribution in [2.75, 3.05) is 39.3 Å². The third-order valence-corrected chi connectivity index (χ3v) is 2.80. The van der Waals surface area contributed by atoms with Gasteiger partial charge >= 0.3 is 11.9 Å². The van der Waals surface area contributed by atoms with Crippen LogP contribution in [0.1, 0.15) is 13.8 Å². The van der Waals surface area contributed by atoms with Gasteiger partial charge in [-0.25, -0.2) is 0 Å². The van der Waals surface area contributed by atoms with Crippen LogP contribution >= 0.6 is 0 Å². The molecule has 0 spiro atoms. The Labute approximate surface area is 129 Å². The number of ether oxygens (including phenoxy) is 1. The van der Waals surface area contributed by atoms with Gasteiger partial charge in [0, 0.05) is 12.6 Å². The first-order valence-corrected chi connectivity index (χ1v) is 6.79. The lowest BCUT2D eigenvalue weighted by molar-refractivity contribution is -0.145. The van der Waals surface area contributed by atoms with Gasteiger partial charge < -0.3 is 15.6 Å². The van der Waals surface area contributed by atoms with Gasteiger partial charge in [-0.3, -0.25) is 24.2 Å². The number of esters is 1. The number of carbonyl (C=O) groups excluding carboxylic acids is 2. The van der Waals surface area contributed by atoms with Crippen LogP contribution in [0.25, 0.3) is 0 Å². The number of nitriles is 1. The summed E-state index contributed by atoms with van der Waals surface area (Å²) in [6.45, 7) is 3.13. The zero-order valence-corrected chi connectivity index (χ0v) is 12.8. The highest BCUT2D eigenvalue weighted by Crippen LogP contribution is 2.03. The third-order valence-electron chi connectivity index (χ3n) is 2.80. The lowest BCUT2D eigenvalue weighted by Crippen LogP contribution is -2.48. The monoisotopic (exact) mass is 314 g/mol. The molecule has 124 valence electrons. The summed E-state index contributed by atoms with van der Waals surface area (Å²) in [6.07, 6.45) is 0. The molecule has 1 amide bonds. The molecular formula is C13H22N4O5. The van der Waals surface area contributed by atoms with E-state index < -0.39 is 17.8 Å². The van der Waals surface area contributed by atoms with Crippen molar-refractivity contribution in [1.82, 2.24) is 9.80 Å². The molecule has 0 aliphatic rings. The molecule has 0 fully saturated rings. The van der Waals surface area contributed by atoms with E-state index in [9.17, 15) is 14.4 Å². The summed E-state index contributed by atoms with van der Waals surface area (Å²) < 4.78 is 4.82. The minimum atomic E-state index is -1.06. The van der Waals surface area contributed by atoms with E-state index in [1.165, 1.54) is 9.80 Å². The number of amides is 1. The molecule has 0 heterocycles. The van der Waals surface area contributed by atoms with Crippen molar-refractivity contribution in [3.63, 3.8) is 0 Å². The molecule has 0 aromatic rings. The second-order valence-electron chi connectivity index (χ2n) is 4.75. The molecule has 1 atom stereocenters. The Morgan fingerprint density at radius 1 is 1.32 bits per heavy atom. The van der Waals surface area contributed by atoms with Gasteiger partial charge in [-0.2, -0.15) is 5.26 Å². The van der Waals surface area contributed by atoms with Crippen LogP contribution in [0.4, 0.5) is 0 Å². The number of nitrogens with two attached hydrogens (primary N) is 1. The maximum Gasteiger partial charge on any atom is 0.320 e. The third kappa shape index (κ3) is 8.89. The average Bonchev–Trinajstić information content (AvgIpc) is 2.36. The molecule has 0 rings (SSSR count). The van der Waals surface area contributed by atoms with E-state index in [0.717, 1.165) is 0 Å². The molecule has 22 heavy (non-hydrogen) atoms. The quantitative estimate of drug-likeness (QED) is 0.352. The van der Waals surface area contributed by atoms with Crippen LogP contribution in [0.2, 0.25) is 0 Å². The van der Waals surface area contributed by atoms with Crippen molar-refractivity contribution in [1.29, 1.82) is 5.26 Å². The zero-order valence-electron chi connectivity index (χ0n) is 12.8. The van der Waals surface area contributed by atoms with Gasteiger partial charge in [0.05, 0.1) is 38.9 Å². The van der Waals surface area contributed by atoms with Gasteiger partial charge in [0.1, 0.15) is 0 Å². The molecule has 0 saturated carbocycles. The lowest BCUT2D eigenvalue weighted by Gasteiger charge is -2.30. The predicted octanol–water partition coefficient (Wildman–Crippen LogP) is -1.36. The van der Waals surface area contributed by atoms with Gasteiger partial charge in [-0.05, 0) is 13.8 Å². The Morgan fingerprint density at radius 2 is 1.95 bits per heavy atom. The standard InChI is InChI=1S/C13H22N4O5/c1-3-22-13(21)9-16(7-11(15)18)6-10(2)17(5-4-14)8-12(19)20/h10H,3,5-9H2,1-2H3,(H2,15,18)(H,19,20)/t10-/m1/s1. The number of hydrogen-bond acceptors (Lipinski definition) is 7. The van der Waals surface area contributed by atoms with E-state index in [-0.39, 0.29) is 45.4 Å². The van der Waals surface area contributed by atoms with Gasteiger partial charge in [-0.15, -0.1) is 0 Å². The van der Waals surface area contributed by atoms with E-state index in [4.69, 9.17) is 20.8 Å². The van der Waals surface area contributed by atoms with Crippen molar-refractivity contribution in [3.05, 3.63) is 0 Å². The fourth-order valence-corrected chi connectivity index (χ4v) is 1.92. The summed E-state index contributed by atoms with van der Waals surface area (Å²) in [5.74, 6) is -2.17. The van der Waals surface area contributed by atoms with Crippen LogP contribution in [0, 0.1) is 11.3 Å². The molecule has 9 nitrogen and oxygen atoms in total. The number of carboxylic acid groups (broad SMARTS) is 1. The number of nitrogens with zero attached hydrogens (tertiary/aromatic N) is 3. The van der Waals surface area contributed by atoms with Crippen LogP contribution in [0.3, 0.4) is 0 Å². The van der Waals surface area contributed by atoms with Crippen molar-refractivity contribution in [2.45, 2.75) is 19.9 Å². The van der Waals surface area contributed by atoms with Gasteiger partial charge in [0.2, 0.25) is 5.91 Å². The SMILES string of the molecule is CCOC(=O)CN(CC(N)=O)C[C@@H](C)N(CC#N)CC(=O)O. The number of primary amides is 1. The van der Waals surface area contributed by atoms with Crippen molar-refractivity contribution in [2.24, 2.45) is 5.73 Å². The molecule has 0 aromatic carbocycles. The Bertz CT molecular complexity index is 435. The summed E-state index contributed by atoms with van der Waals surface area (Å²) >= 11 is 0. The van der Waals surface area contributed by atoms with Gasteiger partial charge in [-0.1, -0.05) is 0 Å². The molecule has 0 unspecified atom stereocenters. The van der Waals surface area contributed by atoms with Gasteiger partial charge in [0.25, 0.3) is 0 Å². The molecule has 0 aliphatic heterocycles. The molecular weight excluding hydrogens is 292 g/mol. The van der Waals surface area contributed by atoms with E-state index in [1.807, 2.05) is 6.07 Å². The van der Waals surface area contributed by atoms with Crippen LogP contribution < -0.4 is 5.73 Å². The van der Waals surface area contributed by atoms with Crippen LogP contribution in [-0.4, -0.2) is 78.1 Å². The molecule has 9 heteroatoms. The number of aliphatic carboxylic acids is 1. The van der Waals surface area contributed by atoms with Crippen molar-refractivity contribution >= 4 is 17.8 Å². The summed E-state index contributed by atoms with van der Waals surface area (Å²) in [6, 6.07) is 1.53. The van der Waals surface area contributed by atoms with Crippen LogP contribution in [0.15, 0.2) is 0 Å². The highest BCUT2D eigenvalue weighted by atomic mass is 16.5. The van der Waals surface area contributed by atoms with E-state index in [1.54, 1.807) is 13.8 Å². The molecule has 0 bridgehead atoms. The Kier molecular flexibility index (Phi) is 9.49. The fraction of sp³-hybridized carbons (Fsp3) is 0.692. The predicted molar refractivity (Wildman–Crippen MR) is 76.6 cm³/mol. The number of rotatable bonds is 11. The number of carbonyl (C=O) groups is 3. The van der Waals surface area contributed by atoms with E-state index in [0.29, 0.717) is 0 Å². The van der Waals surface area contributed by atoms with E-state index >= 15 is 0 Å². The second kappa shape index (κ2) is 10.5. The first-order valence-electron chi connectivity index (χ1n) is 6.79. The highest BCUT2D eigenvalue weighted by Gasteiger charge is 2.22. The number of carboxylic acids is 1. The molecule has 0 saturated heterocycles. The van der Waals surface area contributed by atoms with E-state index in [2.05, 4.69) is 0 Å². The fourth-order valence-electron chi connectivity index (χ4n) is 1.92. The highest BCUT2D eigenvalue weighted by molar-refractivity contribution is 5.77. The van der Waals surface area contributed by atoms with Crippen LogP contribution in [-0.2, 0) is 19.1 Å². The first-order chi connectivity index (χ1) is 10.3. The Hall–Kier alpha value is -2.18. The summed E-state index contributed by atoms with van der Waals surface area (Å²) in [5, 5.41) is 17.6. The topological polar surface area (TPSA) is 137 Å². The summed E-state index contributed by atoms with van der Waals surface area (Å²) in [4.78, 5) is 36.3. The molecule has 0 radical (unpaired) electrons. The minimum absolute atomic E-state index is 0.0721. The molecule has 0 aliphatic carbocycles. The van der Waals surface area contributed by atoms with Crippen molar-refractivity contribution in [3.8, 4) is 6.07 Å². The maximum absolute atomic E-state index is 11.5.